The molecule has 0 bridgehead atoms. The SMILES string of the molecule is O=C(N[C@H]1CCCC[C@@H]1CC(S(=O)(=O)c1ccccc1)S(=O)(=O)c1ccccc1)OCc1ccccc1. The van der Waals surface area contributed by atoms with Crippen LogP contribution < -0.4 is 5.32 Å². The molecular weight excluding hydrogens is 510 g/mol. The summed E-state index contributed by atoms with van der Waals surface area (Å²) in [6.07, 6.45) is 2.17. The van der Waals surface area contributed by atoms with Gasteiger partial charge in [0, 0.05) is 6.04 Å². The fraction of sp³-hybridized carbons (Fsp3) is 0.321. The Labute approximate surface area is 218 Å². The number of amides is 1. The van der Waals surface area contributed by atoms with Crippen molar-refractivity contribution in [2.24, 2.45) is 5.92 Å². The lowest BCUT2D eigenvalue weighted by atomic mass is 9.83. The average Bonchev–Trinajstić information content (AvgIpc) is 2.92. The van der Waals surface area contributed by atoms with Crippen molar-refractivity contribution in [2.75, 3.05) is 0 Å². The zero-order valence-electron chi connectivity index (χ0n) is 20.4. The lowest BCUT2D eigenvalue weighted by Gasteiger charge is -2.34. The van der Waals surface area contributed by atoms with Crippen LogP contribution in [-0.4, -0.2) is 33.6 Å². The number of hydrogen-bond acceptors (Lipinski definition) is 6. The van der Waals surface area contributed by atoms with Gasteiger partial charge >= 0.3 is 6.09 Å². The quantitative estimate of drug-likeness (QED) is 0.402. The molecule has 3 aromatic rings. The van der Waals surface area contributed by atoms with E-state index in [0.717, 1.165) is 18.4 Å². The average molecular weight is 542 g/mol. The molecule has 0 saturated heterocycles. The van der Waals surface area contributed by atoms with Gasteiger partial charge in [0.15, 0.2) is 24.3 Å². The minimum atomic E-state index is -4.24. The molecule has 37 heavy (non-hydrogen) atoms. The van der Waals surface area contributed by atoms with Crippen LogP contribution in [0.3, 0.4) is 0 Å². The molecule has 2 atom stereocenters. The lowest BCUT2D eigenvalue weighted by Crippen LogP contribution is -2.45. The Morgan fingerprint density at radius 2 is 1.24 bits per heavy atom. The van der Waals surface area contributed by atoms with Crippen LogP contribution in [0, 0.1) is 5.92 Å². The van der Waals surface area contributed by atoms with Crippen molar-refractivity contribution < 1.29 is 26.4 Å². The summed E-state index contributed by atoms with van der Waals surface area (Å²) in [5.41, 5.74) is 0.848. The smallest absolute Gasteiger partial charge is 0.407 e. The highest BCUT2D eigenvalue weighted by atomic mass is 32.3. The number of hydrogen-bond donors (Lipinski definition) is 1. The third-order valence-electron chi connectivity index (χ3n) is 6.76. The fourth-order valence-corrected chi connectivity index (χ4v) is 9.47. The number of rotatable bonds is 9. The molecule has 9 heteroatoms. The van der Waals surface area contributed by atoms with Gasteiger partial charge < -0.3 is 10.1 Å². The molecule has 1 aliphatic rings. The molecule has 1 fully saturated rings. The van der Waals surface area contributed by atoms with Gasteiger partial charge in [-0.3, -0.25) is 0 Å². The second kappa shape index (κ2) is 11.9. The van der Waals surface area contributed by atoms with E-state index in [4.69, 9.17) is 4.74 Å². The molecule has 196 valence electrons. The van der Waals surface area contributed by atoms with Gasteiger partial charge in [-0.1, -0.05) is 79.6 Å². The predicted octanol–water partition coefficient (Wildman–Crippen LogP) is 5.14. The minimum absolute atomic E-state index is 0.0397. The first-order valence-corrected chi connectivity index (χ1v) is 15.4. The molecule has 0 radical (unpaired) electrons. The highest BCUT2D eigenvalue weighted by Gasteiger charge is 2.43. The first kappa shape index (κ1) is 26.9. The second-order valence-electron chi connectivity index (χ2n) is 9.24. The van der Waals surface area contributed by atoms with Gasteiger partial charge in [0.2, 0.25) is 0 Å². The molecule has 4 rings (SSSR count). The van der Waals surface area contributed by atoms with E-state index in [0.29, 0.717) is 12.8 Å². The van der Waals surface area contributed by atoms with Gasteiger partial charge in [-0.25, -0.2) is 21.6 Å². The maximum atomic E-state index is 13.7. The molecule has 0 aromatic heterocycles. The normalized spacial score (nSPS) is 18.3. The Bertz CT molecular complexity index is 1310. The molecule has 7 nitrogen and oxygen atoms in total. The Balaban J connectivity index is 1.58. The number of nitrogens with one attached hydrogen (secondary N) is 1. The van der Waals surface area contributed by atoms with Gasteiger partial charge in [0.1, 0.15) is 6.61 Å². The van der Waals surface area contributed by atoms with Crippen LogP contribution in [0.25, 0.3) is 0 Å². The van der Waals surface area contributed by atoms with Crippen LogP contribution in [0.2, 0.25) is 0 Å². The first-order chi connectivity index (χ1) is 17.8. The van der Waals surface area contributed by atoms with Crippen LogP contribution in [0.15, 0.2) is 101 Å². The number of alkyl carbamates (subject to hydrolysis) is 1. The third-order valence-corrected chi connectivity index (χ3v) is 11.9. The largest absolute Gasteiger partial charge is 0.445 e. The van der Waals surface area contributed by atoms with E-state index < -0.39 is 36.4 Å². The summed E-state index contributed by atoms with van der Waals surface area (Å²) in [4.78, 5) is 12.5. The van der Waals surface area contributed by atoms with E-state index >= 15 is 0 Å². The van der Waals surface area contributed by atoms with E-state index in [1.165, 1.54) is 24.3 Å². The van der Waals surface area contributed by atoms with Crippen molar-refractivity contribution in [2.45, 2.75) is 59.1 Å². The topological polar surface area (TPSA) is 107 Å². The number of sulfone groups is 2. The van der Waals surface area contributed by atoms with Crippen LogP contribution in [0.5, 0.6) is 0 Å². The Morgan fingerprint density at radius 3 is 1.78 bits per heavy atom. The molecule has 0 heterocycles. The highest BCUT2D eigenvalue weighted by molar-refractivity contribution is 8.09. The summed E-state index contributed by atoms with van der Waals surface area (Å²) in [5.74, 6) is -0.347. The molecule has 1 N–H and O–H groups in total. The maximum Gasteiger partial charge on any atom is 0.407 e. The van der Waals surface area contributed by atoms with E-state index in [1.54, 1.807) is 36.4 Å². The first-order valence-electron chi connectivity index (χ1n) is 12.3. The van der Waals surface area contributed by atoms with E-state index in [-0.39, 0.29) is 28.7 Å². The standard InChI is InChI=1S/C28H31NO6S2/c30-28(35-21-22-12-4-1-5-13-22)29-26-19-11-10-14-23(26)20-27(36(31,32)24-15-6-2-7-16-24)37(33,34)25-17-8-3-9-18-25/h1-9,12-13,15-18,23,26-27H,10-11,14,19-21H2,(H,29,30)/t23-,26+/m1/s1. The summed E-state index contributed by atoms with van der Waals surface area (Å²) < 4.78 is 58.6. The summed E-state index contributed by atoms with van der Waals surface area (Å²) in [6.45, 7) is 0.109. The van der Waals surface area contributed by atoms with Crippen molar-refractivity contribution in [3.05, 3.63) is 96.6 Å². The van der Waals surface area contributed by atoms with Gasteiger partial charge in [0.25, 0.3) is 0 Å². The number of benzene rings is 3. The van der Waals surface area contributed by atoms with Crippen molar-refractivity contribution >= 4 is 25.8 Å². The molecule has 0 spiro atoms. The van der Waals surface area contributed by atoms with Crippen LogP contribution in [0.1, 0.15) is 37.7 Å². The van der Waals surface area contributed by atoms with Crippen molar-refractivity contribution in [3.63, 3.8) is 0 Å². The Kier molecular flexibility index (Phi) is 8.66. The summed E-state index contributed by atoms with van der Waals surface area (Å²) in [5, 5.41) is 2.88. The van der Waals surface area contributed by atoms with E-state index in [2.05, 4.69) is 5.32 Å². The van der Waals surface area contributed by atoms with Crippen molar-refractivity contribution in [1.82, 2.24) is 5.32 Å². The van der Waals surface area contributed by atoms with Crippen molar-refractivity contribution in [3.8, 4) is 0 Å². The molecule has 1 saturated carbocycles. The summed E-state index contributed by atoms with van der Waals surface area (Å²) in [6, 6.07) is 24.2. The molecular formula is C28H31NO6S2. The van der Waals surface area contributed by atoms with E-state index in [1.807, 2.05) is 30.3 Å². The number of carbonyl (C=O) groups is 1. The molecule has 1 aliphatic carbocycles. The Hall–Kier alpha value is -3.17. The number of ether oxygens (including phenoxy) is 1. The molecule has 0 aliphatic heterocycles. The second-order valence-corrected chi connectivity index (χ2v) is 13.8. The van der Waals surface area contributed by atoms with Crippen LogP contribution in [0.4, 0.5) is 4.79 Å². The summed E-state index contributed by atoms with van der Waals surface area (Å²) >= 11 is 0. The molecule has 3 aromatic carbocycles. The summed E-state index contributed by atoms with van der Waals surface area (Å²) in [7, 11) is -8.47. The van der Waals surface area contributed by atoms with Crippen molar-refractivity contribution in [1.29, 1.82) is 0 Å². The van der Waals surface area contributed by atoms with Crippen LogP contribution >= 0.6 is 0 Å². The lowest BCUT2D eigenvalue weighted by molar-refractivity contribution is 0.126. The minimum Gasteiger partial charge on any atom is -0.445 e. The van der Waals surface area contributed by atoms with Gasteiger partial charge in [-0.2, -0.15) is 0 Å². The predicted molar refractivity (Wildman–Crippen MR) is 141 cm³/mol. The van der Waals surface area contributed by atoms with Gasteiger partial charge in [0.05, 0.1) is 9.79 Å². The highest BCUT2D eigenvalue weighted by Crippen LogP contribution is 2.35. The zero-order valence-corrected chi connectivity index (χ0v) is 22.0. The van der Waals surface area contributed by atoms with Gasteiger partial charge in [-0.05, 0) is 55.0 Å². The Morgan fingerprint density at radius 1 is 0.757 bits per heavy atom. The zero-order chi connectivity index (χ0) is 26.3. The van der Waals surface area contributed by atoms with Gasteiger partial charge in [-0.15, -0.1) is 0 Å². The fourth-order valence-electron chi connectivity index (χ4n) is 4.79. The molecule has 1 amide bonds. The molecule has 0 unspecified atom stereocenters. The van der Waals surface area contributed by atoms with Crippen LogP contribution in [-0.2, 0) is 31.0 Å². The monoisotopic (exact) mass is 541 g/mol. The number of carbonyl (C=O) groups excluding carboxylic acids is 1. The maximum absolute atomic E-state index is 13.7. The van der Waals surface area contributed by atoms with E-state index in [9.17, 15) is 21.6 Å². The third kappa shape index (κ3) is 6.59.